The van der Waals surface area contributed by atoms with Crippen LogP contribution in [-0.4, -0.2) is 187 Å². The minimum absolute atomic E-state index is 0.00313. The summed E-state index contributed by atoms with van der Waals surface area (Å²) in [5.74, 6) is -0.573. The number of benzene rings is 2. The number of nitrogens with zero attached hydrogens (tertiary/aromatic N) is 9. The molecule has 2 aromatic heterocycles. The van der Waals surface area contributed by atoms with Crippen LogP contribution in [0.1, 0.15) is 35.7 Å². The summed E-state index contributed by atoms with van der Waals surface area (Å²) in [6.07, 6.45) is 1.73. The number of ether oxygens (including phenoxy) is 3. The van der Waals surface area contributed by atoms with Gasteiger partial charge in [0.2, 0.25) is 5.91 Å². The van der Waals surface area contributed by atoms with Crippen molar-refractivity contribution < 1.29 is 37.4 Å². The molecular formula is C49H65ClF2N12O6S. The third-order valence-corrected chi connectivity index (χ3v) is 14.9. The number of nitrogens with one attached hydrogen (secondary N) is 2. The Morgan fingerprint density at radius 1 is 0.915 bits per heavy atom. The average molecular weight is 1020 g/mol. The molecule has 384 valence electrons. The largest absolute Gasteiger partial charge is 0.378 e. The number of para-hydroxylation sites is 1. The zero-order valence-electron chi connectivity index (χ0n) is 41.0. The number of carbonyl (C=O) groups is 3. The first-order valence-electron chi connectivity index (χ1n) is 24.2. The maximum atomic E-state index is 13.9. The van der Waals surface area contributed by atoms with Gasteiger partial charge >= 0.3 is 0 Å². The molecular weight excluding hydrogens is 958 g/mol. The number of fused-ring (bicyclic) bond motifs is 1. The first-order chi connectivity index (χ1) is 34.1. The maximum absolute atomic E-state index is 13.9. The van der Waals surface area contributed by atoms with E-state index in [-0.39, 0.29) is 36.5 Å². The SMILES string of the molecule is Cc1nc(NC2SC(C(N)=O)=CN2c2c(C)cccc2Cl)cc(N2CCN(CCOCCOCCOC[C@H]3CN[C@H](C)CN3CC(=O)N3CCN(C(=O)c4cc5cc(F)c(F)cc5n4C)C[C@H]3C)CC2)n1. The summed E-state index contributed by atoms with van der Waals surface area (Å²) in [6, 6.07) is 11.4. The van der Waals surface area contributed by atoms with Crippen LogP contribution in [0.2, 0.25) is 5.02 Å². The predicted molar refractivity (Wildman–Crippen MR) is 272 cm³/mol. The zero-order valence-corrected chi connectivity index (χ0v) is 42.6. The summed E-state index contributed by atoms with van der Waals surface area (Å²) in [7, 11) is 1.66. The smallest absolute Gasteiger partial charge is 0.270 e. The fourth-order valence-corrected chi connectivity index (χ4v) is 10.9. The highest BCUT2D eigenvalue weighted by atomic mass is 35.5. The zero-order chi connectivity index (χ0) is 50.3. The maximum Gasteiger partial charge on any atom is 0.270 e. The molecule has 0 saturated carbocycles. The van der Waals surface area contributed by atoms with Gasteiger partial charge in [-0.25, -0.2) is 18.7 Å². The molecule has 2 aromatic carbocycles. The molecule has 4 atom stereocenters. The van der Waals surface area contributed by atoms with Gasteiger partial charge in [0, 0.05) is 114 Å². The van der Waals surface area contributed by atoms with Crippen LogP contribution < -0.4 is 26.2 Å². The summed E-state index contributed by atoms with van der Waals surface area (Å²) in [6.45, 7) is 17.5. The third-order valence-electron chi connectivity index (χ3n) is 13.4. The Labute approximate surface area is 422 Å². The molecule has 22 heteroatoms. The number of rotatable bonds is 19. The van der Waals surface area contributed by atoms with Crippen molar-refractivity contribution in [2.45, 2.75) is 51.3 Å². The molecule has 4 N–H and O–H groups in total. The molecule has 3 amide bonds. The van der Waals surface area contributed by atoms with Gasteiger partial charge in [0.25, 0.3) is 11.8 Å². The number of aromatic nitrogens is 3. The Morgan fingerprint density at radius 2 is 1.65 bits per heavy atom. The van der Waals surface area contributed by atoms with E-state index >= 15 is 0 Å². The van der Waals surface area contributed by atoms with Crippen molar-refractivity contribution in [1.82, 2.24) is 39.5 Å². The highest BCUT2D eigenvalue weighted by Crippen LogP contribution is 2.41. The van der Waals surface area contributed by atoms with Gasteiger partial charge in [-0.2, -0.15) is 0 Å². The Balaban J connectivity index is 0.697. The van der Waals surface area contributed by atoms with Crippen molar-refractivity contribution in [3.8, 4) is 0 Å². The van der Waals surface area contributed by atoms with E-state index in [4.69, 9.17) is 36.5 Å². The number of thioether (sulfide) groups is 1. The van der Waals surface area contributed by atoms with Crippen molar-refractivity contribution in [3.05, 3.63) is 87.3 Å². The van der Waals surface area contributed by atoms with Crippen molar-refractivity contribution in [2.75, 3.05) is 127 Å². The number of aryl methyl sites for hydroxylation is 3. The van der Waals surface area contributed by atoms with E-state index in [0.29, 0.717) is 111 Å². The van der Waals surface area contributed by atoms with E-state index in [2.05, 4.69) is 37.2 Å². The molecule has 3 saturated heterocycles. The number of amides is 3. The number of nitrogens with two attached hydrogens (primary N) is 1. The Kier molecular flexibility index (Phi) is 17.4. The van der Waals surface area contributed by atoms with Gasteiger partial charge in [-0.05, 0) is 51.5 Å². The summed E-state index contributed by atoms with van der Waals surface area (Å²) in [5.41, 5.74) is 7.82. The molecule has 0 spiro atoms. The Morgan fingerprint density at radius 3 is 2.38 bits per heavy atom. The lowest BCUT2D eigenvalue weighted by Crippen LogP contribution is -2.61. The number of hydrogen-bond acceptors (Lipinski definition) is 15. The molecule has 8 rings (SSSR count). The van der Waals surface area contributed by atoms with E-state index in [1.54, 1.807) is 28.8 Å². The van der Waals surface area contributed by atoms with E-state index in [9.17, 15) is 23.2 Å². The first-order valence-corrected chi connectivity index (χ1v) is 25.4. The summed E-state index contributed by atoms with van der Waals surface area (Å²) < 4.78 is 47.2. The van der Waals surface area contributed by atoms with Crippen molar-refractivity contribution >= 4 is 69.3 Å². The van der Waals surface area contributed by atoms with Gasteiger partial charge in [0.05, 0.1) is 67.3 Å². The highest BCUT2D eigenvalue weighted by molar-refractivity contribution is 8.05. The van der Waals surface area contributed by atoms with Crippen LogP contribution in [0, 0.1) is 25.5 Å². The number of halogens is 3. The topological polar surface area (TPSA) is 179 Å². The lowest BCUT2D eigenvalue weighted by molar-refractivity contribution is -0.138. The van der Waals surface area contributed by atoms with E-state index in [0.717, 1.165) is 61.9 Å². The average Bonchev–Trinajstić information content (AvgIpc) is 3.89. The molecule has 18 nitrogen and oxygen atoms in total. The van der Waals surface area contributed by atoms with Crippen LogP contribution in [-0.2, 0) is 30.8 Å². The standard InChI is InChI=1S/C49H65ClF2N12O6S/c1-31-7-6-8-37(50)46(31)64-28-42(47(53)66)71-49(64)57-43-24-44(56-34(4)55-43)60-11-9-59(10-12-60)15-16-68-17-18-69-19-20-70-30-36-25-54-32(2)26-62(36)29-45(65)63-14-13-61(27-33(63)3)48(67)41-22-35-21-38(51)39(52)23-40(35)58(41)5/h6-8,21-24,28,32-33,36,49,54H,9-20,25-27,29-30H2,1-5H3,(H2,53,66)(H,55,56,57)/t32-,33-,36-,49?/m1/s1. The summed E-state index contributed by atoms with van der Waals surface area (Å²) in [4.78, 5) is 61.6. The molecule has 4 aliphatic heterocycles. The molecule has 1 unspecified atom stereocenters. The quantitative estimate of drug-likeness (QED) is 0.115. The Hall–Kier alpha value is -5.13. The second-order valence-corrected chi connectivity index (χ2v) is 20.1. The van der Waals surface area contributed by atoms with Crippen molar-refractivity contribution in [2.24, 2.45) is 12.8 Å². The van der Waals surface area contributed by atoms with Crippen LogP contribution in [0.25, 0.3) is 10.9 Å². The number of hydrogen-bond donors (Lipinski definition) is 3. The van der Waals surface area contributed by atoms with E-state index < -0.39 is 23.0 Å². The van der Waals surface area contributed by atoms with E-state index in [1.807, 2.05) is 54.8 Å². The van der Waals surface area contributed by atoms with Gasteiger partial charge in [-0.15, -0.1) is 0 Å². The van der Waals surface area contributed by atoms with Gasteiger partial charge < -0.3 is 54.7 Å². The number of anilines is 3. The molecule has 0 aliphatic carbocycles. The molecule has 3 fully saturated rings. The second-order valence-electron chi connectivity index (χ2n) is 18.6. The first kappa shape index (κ1) is 52.2. The molecule has 0 radical (unpaired) electrons. The van der Waals surface area contributed by atoms with Crippen LogP contribution in [0.4, 0.5) is 26.1 Å². The highest BCUT2D eigenvalue weighted by Gasteiger charge is 2.35. The fourth-order valence-electron chi connectivity index (χ4n) is 9.59. The van der Waals surface area contributed by atoms with Crippen LogP contribution in [0.15, 0.2) is 53.6 Å². The van der Waals surface area contributed by atoms with Gasteiger partial charge in [0.15, 0.2) is 17.1 Å². The van der Waals surface area contributed by atoms with Gasteiger partial charge in [-0.1, -0.05) is 35.5 Å². The molecule has 6 heterocycles. The molecule has 71 heavy (non-hydrogen) atoms. The monoisotopic (exact) mass is 1020 g/mol. The van der Waals surface area contributed by atoms with Crippen molar-refractivity contribution in [3.63, 3.8) is 0 Å². The summed E-state index contributed by atoms with van der Waals surface area (Å²) in [5, 5.41) is 8.00. The molecule has 4 aliphatic rings. The van der Waals surface area contributed by atoms with Crippen LogP contribution in [0.5, 0.6) is 0 Å². The number of carbonyl (C=O) groups excluding carboxylic acids is 3. The Bertz CT molecular complexity index is 2560. The lowest BCUT2D eigenvalue weighted by atomic mass is 10.1. The fraction of sp³-hybridized carbons (Fsp3) is 0.531. The number of piperazine rings is 3. The third kappa shape index (κ3) is 12.7. The minimum Gasteiger partial charge on any atom is -0.378 e. The van der Waals surface area contributed by atoms with Crippen LogP contribution >= 0.6 is 23.4 Å². The van der Waals surface area contributed by atoms with Gasteiger partial charge in [-0.3, -0.25) is 24.2 Å². The normalized spacial score (nSPS) is 21.3. The lowest BCUT2D eigenvalue weighted by Gasteiger charge is -2.43. The van der Waals surface area contributed by atoms with Crippen molar-refractivity contribution in [1.29, 1.82) is 0 Å². The van der Waals surface area contributed by atoms with E-state index in [1.165, 1.54) is 11.8 Å². The predicted octanol–water partition coefficient (Wildman–Crippen LogP) is 4.00. The minimum atomic E-state index is -0.963. The number of primary amides is 1. The summed E-state index contributed by atoms with van der Waals surface area (Å²) >= 11 is 7.94. The molecule has 4 aromatic rings. The molecule has 0 bridgehead atoms. The van der Waals surface area contributed by atoms with Gasteiger partial charge in [0.1, 0.15) is 23.2 Å². The van der Waals surface area contributed by atoms with Crippen LogP contribution in [0.3, 0.4) is 0 Å². The second kappa shape index (κ2) is 23.6.